The molecule has 0 saturated carbocycles. The molecule has 0 bridgehead atoms. The van der Waals surface area contributed by atoms with Crippen molar-refractivity contribution in [3.63, 3.8) is 0 Å². The van der Waals surface area contributed by atoms with Crippen molar-refractivity contribution >= 4 is 27.9 Å². The quantitative estimate of drug-likeness (QED) is 0.490. The fourth-order valence-electron chi connectivity index (χ4n) is 3.01. The molecule has 0 radical (unpaired) electrons. The van der Waals surface area contributed by atoms with Crippen LogP contribution in [0.2, 0.25) is 0 Å². The van der Waals surface area contributed by atoms with Gasteiger partial charge in [0.1, 0.15) is 5.56 Å². The molecular weight excluding hydrogens is 436 g/mol. The molecule has 0 atom stereocenters. The third-order valence-electron chi connectivity index (χ3n) is 4.18. The highest BCUT2D eigenvalue weighted by molar-refractivity contribution is 9.10. The van der Waals surface area contributed by atoms with Crippen molar-refractivity contribution in [2.24, 2.45) is 0 Å². The van der Waals surface area contributed by atoms with E-state index in [0.29, 0.717) is 11.3 Å². The van der Waals surface area contributed by atoms with Gasteiger partial charge in [-0.25, -0.2) is 14.3 Å². The summed E-state index contributed by atoms with van der Waals surface area (Å²) in [5, 5.41) is 4.48. The zero-order valence-electron chi connectivity index (χ0n) is 16.4. The molecule has 0 N–H and O–H groups in total. The highest BCUT2D eigenvalue weighted by atomic mass is 79.9. The molecule has 3 rings (SSSR count). The first-order chi connectivity index (χ1) is 14.0. The lowest BCUT2D eigenvalue weighted by molar-refractivity contribution is 0.0476. The monoisotopic (exact) mass is 456 g/mol. The number of ether oxygens (including phenoxy) is 2. The van der Waals surface area contributed by atoms with Crippen LogP contribution in [0.15, 0.2) is 53.0 Å². The Bertz CT molecular complexity index is 1060. The van der Waals surface area contributed by atoms with Crippen LogP contribution < -0.4 is 0 Å². The number of carbonyl (C=O) groups is 2. The first-order valence-electron chi connectivity index (χ1n) is 9.26. The van der Waals surface area contributed by atoms with Crippen LogP contribution in [-0.4, -0.2) is 34.9 Å². The van der Waals surface area contributed by atoms with E-state index in [1.165, 1.54) is 0 Å². The van der Waals surface area contributed by atoms with E-state index in [1.807, 2.05) is 55.5 Å². The molecule has 150 valence electrons. The van der Waals surface area contributed by atoms with E-state index in [-0.39, 0.29) is 24.5 Å². The molecule has 0 amide bonds. The zero-order chi connectivity index (χ0) is 21.0. The van der Waals surface area contributed by atoms with Gasteiger partial charge in [0.05, 0.1) is 24.6 Å². The highest BCUT2D eigenvalue weighted by Gasteiger charge is 2.31. The minimum atomic E-state index is -0.668. The van der Waals surface area contributed by atoms with Crippen LogP contribution in [0, 0.1) is 6.92 Å². The Morgan fingerprint density at radius 1 is 1.00 bits per heavy atom. The normalized spacial score (nSPS) is 10.6. The first kappa shape index (κ1) is 20.8. The van der Waals surface area contributed by atoms with Gasteiger partial charge in [-0.15, -0.1) is 0 Å². The fourth-order valence-corrected chi connectivity index (χ4v) is 3.41. The number of benzene rings is 2. The van der Waals surface area contributed by atoms with Gasteiger partial charge in [0.15, 0.2) is 5.69 Å². The first-order valence-corrected chi connectivity index (χ1v) is 10.1. The summed E-state index contributed by atoms with van der Waals surface area (Å²) >= 11 is 3.47. The summed E-state index contributed by atoms with van der Waals surface area (Å²) in [6.07, 6.45) is 0. The minimum absolute atomic E-state index is 0.0678. The van der Waals surface area contributed by atoms with E-state index in [9.17, 15) is 9.59 Å². The molecule has 0 aliphatic rings. The standard InChI is InChI=1S/C22H21BrN2O4/c1-4-28-21(26)18-19(22(27)29-5-2)24-25(17-11-6-8-14(3)12-17)20(18)15-9-7-10-16(23)13-15/h6-13H,4-5H2,1-3H3. The molecule has 29 heavy (non-hydrogen) atoms. The third kappa shape index (κ3) is 4.40. The van der Waals surface area contributed by atoms with Crippen molar-refractivity contribution in [3.05, 3.63) is 69.8 Å². The minimum Gasteiger partial charge on any atom is -0.462 e. The number of rotatable bonds is 6. The molecule has 6 nitrogen and oxygen atoms in total. The Kier molecular flexibility index (Phi) is 6.49. The van der Waals surface area contributed by atoms with E-state index in [0.717, 1.165) is 15.7 Å². The molecule has 1 heterocycles. The van der Waals surface area contributed by atoms with Crippen LogP contribution in [0.5, 0.6) is 0 Å². The van der Waals surface area contributed by atoms with Gasteiger partial charge in [0.2, 0.25) is 0 Å². The second kappa shape index (κ2) is 9.05. The summed E-state index contributed by atoms with van der Waals surface area (Å²) in [5.74, 6) is -1.29. The predicted octanol–water partition coefficient (Wildman–Crippen LogP) is 4.96. The lowest BCUT2D eigenvalue weighted by Gasteiger charge is -2.11. The number of esters is 2. The Labute approximate surface area is 177 Å². The van der Waals surface area contributed by atoms with E-state index >= 15 is 0 Å². The number of carbonyl (C=O) groups excluding carboxylic acids is 2. The zero-order valence-corrected chi connectivity index (χ0v) is 18.0. The van der Waals surface area contributed by atoms with Crippen LogP contribution in [0.4, 0.5) is 0 Å². The number of nitrogens with zero attached hydrogens (tertiary/aromatic N) is 2. The lowest BCUT2D eigenvalue weighted by Crippen LogP contribution is -2.13. The SMILES string of the molecule is CCOC(=O)c1nn(-c2cccc(C)c2)c(-c2cccc(Br)c2)c1C(=O)OCC. The van der Waals surface area contributed by atoms with Crippen molar-refractivity contribution in [1.29, 1.82) is 0 Å². The maximum absolute atomic E-state index is 12.9. The number of hydrogen-bond donors (Lipinski definition) is 0. The molecule has 0 spiro atoms. The number of aromatic nitrogens is 2. The Hall–Kier alpha value is -2.93. The average molecular weight is 457 g/mol. The molecule has 2 aromatic carbocycles. The van der Waals surface area contributed by atoms with Crippen LogP contribution >= 0.6 is 15.9 Å². The number of aryl methyl sites for hydroxylation is 1. The van der Waals surface area contributed by atoms with Crippen molar-refractivity contribution in [2.45, 2.75) is 20.8 Å². The second-order valence-corrected chi connectivity index (χ2v) is 7.19. The summed E-state index contributed by atoms with van der Waals surface area (Å²) in [6.45, 7) is 5.73. The summed E-state index contributed by atoms with van der Waals surface area (Å²) in [6, 6.07) is 15.1. The van der Waals surface area contributed by atoms with Gasteiger partial charge in [0, 0.05) is 10.0 Å². The summed E-state index contributed by atoms with van der Waals surface area (Å²) in [5.41, 5.74) is 2.95. The Balaban J connectivity index is 2.36. The van der Waals surface area contributed by atoms with Gasteiger partial charge in [-0.1, -0.05) is 40.2 Å². The predicted molar refractivity (Wildman–Crippen MR) is 113 cm³/mol. The van der Waals surface area contributed by atoms with Gasteiger partial charge in [-0.2, -0.15) is 5.10 Å². The largest absolute Gasteiger partial charge is 0.462 e. The summed E-state index contributed by atoms with van der Waals surface area (Å²) in [4.78, 5) is 25.5. The smallest absolute Gasteiger partial charge is 0.359 e. The second-order valence-electron chi connectivity index (χ2n) is 6.27. The van der Waals surface area contributed by atoms with Crippen LogP contribution in [-0.2, 0) is 9.47 Å². The van der Waals surface area contributed by atoms with E-state index in [1.54, 1.807) is 18.5 Å². The molecule has 7 heteroatoms. The fraction of sp³-hybridized carbons (Fsp3) is 0.227. The Morgan fingerprint density at radius 3 is 2.34 bits per heavy atom. The van der Waals surface area contributed by atoms with Crippen molar-refractivity contribution in [3.8, 4) is 16.9 Å². The van der Waals surface area contributed by atoms with Crippen LogP contribution in [0.25, 0.3) is 16.9 Å². The maximum atomic E-state index is 12.9. The van der Waals surface area contributed by atoms with Gasteiger partial charge in [0.25, 0.3) is 0 Å². The van der Waals surface area contributed by atoms with Gasteiger partial charge < -0.3 is 9.47 Å². The average Bonchev–Trinajstić information content (AvgIpc) is 3.09. The molecule has 1 aromatic heterocycles. The maximum Gasteiger partial charge on any atom is 0.359 e. The molecule has 0 fully saturated rings. The molecular formula is C22H21BrN2O4. The summed E-state index contributed by atoms with van der Waals surface area (Å²) < 4.78 is 12.8. The van der Waals surface area contributed by atoms with Gasteiger partial charge >= 0.3 is 11.9 Å². The topological polar surface area (TPSA) is 70.4 Å². The summed E-state index contributed by atoms with van der Waals surface area (Å²) in [7, 11) is 0. The van der Waals surface area contributed by atoms with Crippen molar-refractivity contribution in [2.75, 3.05) is 13.2 Å². The number of halogens is 1. The van der Waals surface area contributed by atoms with Crippen LogP contribution in [0.1, 0.15) is 40.3 Å². The molecule has 0 aliphatic heterocycles. The van der Waals surface area contributed by atoms with E-state index in [2.05, 4.69) is 21.0 Å². The lowest BCUT2D eigenvalue weighted by atomic mass is 10.0. The molecule has 0 unspecified atom stereocenters. The molecule has 3 aromatic rings. The van der Waals surface area contributed by atoms with Crippen LogP contribution in [0.3, 0.4) is 0 Å². The number of hydrogen-bond acceptors (Lipinski definition) is 5. The van der Waals surface area contributed by atoms with Gasteiger partial charge in [-0.3, -0.25) is 0 Å². The third-order valence-corrected chi connectivity index (χ3v) is 4.67. The molecule has 0 saturated heterocycles. The highest BCUT2D eigenvalue weighted by Crippen LogP contribution is 2.32. The van der Waals surface area contributed by atoms with Crippen molar-refractivity contribution < 1.29 is 19.1 Å². The molecule has 0 aliphatic carbocycles. The Morgan fingerprint density at radius 2 is 1.69 bits per heavy atom. The van der Waals surface area contributed by atoms with Crippen molar-refractivity contribution in [1.82, 2.24) is 9.78 Å². The van der Waals surface area contributed by atoms with Gasteiger partial charge in [-0.05, 0) is 50.6 Å². The van der Waals surface area contributed by atoms with E-state index < -0.39 is 11.9 Å². The van der Waals surface area contributed by atoms with E-state index in [4.69, 9.17) is 9.47 Å².